The predicted molar refractivity (Wildman–Crippen MR) is 127 cm³/mol. The van der Waals surface area contributed by atoms with Crippen LogP contribution < -0.4 is 10.0 Å². The number of aryl methyl sites for hydroxylation is 1. The van der Waals surface area contributed by atoms with Gasteiger partial charge in [0.15, 0.2) is 0 Å². The number of halogens is 1. The first-order chi connectivity index (χ1) is 16.3. The molecule has 0 unspecified atom stereocenters. The van der Waals surface area contributed by atoms with Crippen LogP contribution in [0.25, 0.3) is 5.69 Å². The van der Waals surface area contributed by atoms with E-state index in [9.17, 15) is 17.6 Å². The number of nitrogens with one attached hydrogen (secondary N) is 2. The average molecular weight is 484 g/mol. The van der Waals surface area contributed by atoms with E-state index < -0.39 is 10.0 Å². The van der Waals surface area contributed by atoms with E-state index in [1.54, 1.807) is 60.3 Å². The van der Waals surface area contributed by atoms with E-state index in [1.807, 2.05) is 0 Å². The number of nitrogens with zero attached hydrogens (tertiary/aromatic N) is 3. The number of amides is 1. The Morgan fingerprint density at radius 1 is 1.18 bits per heavy atom. The second-order valence-corrected chi connectivity index (χ2v) is 9.70. The lowest BCUT2D eigenvalue weighted by atomic mass is 10.1. The number of unbranched alkanes of at least 4 members (excludes halogenated alkanes) is 2. The summed E-state index contributed by atoms with van der Waals surface area (Å²) in [5.74, 6) is 0.593. The molecule has 0 bridgehead atoms. The van der Waals surface area contributed by atoms with E-state index in [-0.39, 0.29) is 23.2 Å². The molecule has 2 heterocycles. The maximum absolute atomic E-state index is 14.5. The summed E-state index contributed by atoms with van der Waals surface area (Å²) >= 11 is 0. The molecule has 0 atom stereocenters. The topological polar surface area (TPSA) is 105 Å². The summed E-state index contributed by atoms with van der Waals surface area (Å²) < 4.78 is 42.8. The molecule has 3 aromatic rings. The fraction of sp³-hybridized carbons (Fsp3) is 0.292. The van der Waals surface area contributed by atoms with Crippen molar-refractivity contribution < 1.29 is 17.6 Å². The number of carbonyl (C=O) groups is 1. The minimum Gasteiger partial charge on any atom is -0.352 e. The minimum atomic E-state index is -3.52. The Morgan fingerprint density at radius 3 is 2.76 bits per heavy atom. The van der Waals surface area contributed by atoms with Gasteiger partial charge in [0, 0.05) is 37.5 Å². The lowest BCUT2D eigenvalue weighted by Crippen LogP contribution is -2.22. The van der Waals surface area contributed by atoms with Crippen LogP contribution in [0.1, 0.15) is 42.6 Å². The quantitative estimate of drug-likeness (QED) is 0.456. The first kappa shape index (κ1) is 23.6. The summed E-state index contributed by atoms with van der Waals surface area (Å²) in [6.07, 6.45) is 5.89. The molecule has 0 radical (unpaired) electrons. The number of fused-ring (bicyclic) bond motifs is 1. The molecular weight excluding hydrogens is 457 g/mol. The molecule has 10 heteroatoms. The van der Waals surface area contributed by atoms with E-state index in [2.05, 4.69) is 20.0 Å². The van der Waals surface area contributed by atoms with Crippen molar-refractivity contribution in [3.05, 3.63) is 77.6 Å². The predicted octanol–water partition coefficient (Wildman–Crippen LogP) is 3.24. The van der Waals surface area contributed by atoms with Crippen molar-refractivity contribution in [2.75, 3.05) is 6.54 Å². The number of hydrogen-bond acceptors (Lipinski definition) is 5. The van der Waals surface area contributed by atoms with Gasteiger partial charge in [0.25, 0.3) is 10.0 Å². The van der Waals surface area contributed by atoms with Crippen molar-refractivity contribution in [1.29, 1.82) is 0 Å². The second kappa shape index (κ2) is 10.2. The van der Waals surface area contributed by atoms with E-state index in [0.717, 1.165) is 12.8 Å². The number of imidazole rings is 1. The van der Waals surface area contributed by atoms with Gasteiger partial charge in [-0.1, -0.05) is 24.6 Å². The standard InChI is InChI=1S/C24H26FN5O3S/c1-17-26-13-14-30(17)21-11-10-18(15-20(21)25)16-28-23(31)9-3-2-6-12-27-24-19-7-4-5-8-22(19)34(32,33)29-24/h4-5,7-8,10-11,13-15H,2-3,6,9,12,16H2,1H3,(H,27,29)(H,28,31). The zero-order chi connectivity index (χ0) is 24.1. The molecule has 0 fully saturated rings. The summed E-state index contributed by atoms with van der Waals surface area (Å²) in [4.78, 5) is 20.9. The van der Waals surface area contributed by atoms with E-state index in [1.165, 1.54) is 6.07 Å². The lowest BCUT2D eigenvalue weighted by molar-refractivity contribution is -0.121. The maximum Gasteiger partial charge on any atom is 0.263 e. The fourth-order valence-electron chi connectivity index (χ4n) is 3.79. The van der Waals surface area contributed by atoms with Crippen LogP contribution in [0.3, 0.4) is 0 Å². The molecule has 34 heavy (non-hydrogen) atoms. The number of rotatable bonds is 9. The van der Waals surface area contributed by atoms with Crippen LogP contribution in [-0.2, 0) is 21.4 Å². The Hall–Kier alpha value is -3.53. The number of hydrogen-bond donors (Lipinski definition) is 2. The molecule has 4 rings (SSSR count). The van der Waals surface area contributed by atoms with Crippen molar-refractivity contribution >= 4 is 21.8 Å². The van der Waals surface area contributed by atoms with Crippen LogP contribution in [0.5, 0.6) is 0 Å². The number of benzene rings is 2. The normalized spacial score (nSPS) is 15.2. The van der Waals surface area contributed by atoms with E-state index in [4.69, 9.17) is 0 Å². The van der Waals surface area contributed by atoms with Gasteiger partial charge in [-0.15, -0.1) is 0 Å². The summed E-state index contributed by atoms with van der Waals surface area (Å²) in [6, 6.07) is 11.6. The Kier molecular flexibility index (Phi) is 7.06. The van der Waals surface area contributed by atoms with Crippen molar-refractivity contribution in [3.63, 3.8) is 0 Å². The van der Waals surface area contributed by atoms with Gasteiger partial charge in [0.2, 0.25) is 5.91 Å². The van der Waals surface area contributed by atoms with Gasteiger partial charge in [-0.05, 0) is 49.6 Å². The number of sulfonamides is 1. The van der Waals surface area contributed by atoms with Gasteiger partial charge in [-0.2, -0.15) is 0 Å². The van der Waals surface area contributed by atoms with E-state index in [0.29, 0.717) is 47.9 Å². The number of aromatic nitrogens is 2. The molecule has 1 aliphatic rings. The minimum absolute atomic E-state index is 0.0984. The molecule has 1 amide bonds. The van der Waals surface area contributed by atoms with E-state index >= 15 is 0 Å². The van der Waals surface area contributed by atoms with Crippen molar-refractivity contribution in [1.82, 2.24) is 19.6 Å². The van der Waals surface area contributed by atoms with Crippen LogP contribution in [0.4, 0.5) is 4.39 Å². The molecule has 178 valence electrons. The molecule has 0 saturated heterocycles. The monoisotopic (exact) mass is 483 g/mol. The first-order valence-electron chi connectivity index (χ1n) is 11.1. The van der Waals surface area contributed by atoms with Gasteiger partial charge in [-0.3, -0.25) is 14.5 Å². The molecule has 1 aliphatic heterocycles. The first-order valence-corrected chi connectivity index (χ1v) is 12.6. The van der Waals surface area contributed by atoms with Crippen LogP contribution in [-0.4, -0.2) is 36.3 Å². The molecule has 0 spiro atoms. The Balaban J connectivity index is 1.18. The van der Waals surface area contributed by atoms with Crippen molar-refractivity contribution in [2.24, 2.45) is 4.99 Å². The zero-order valence-electron chi connectivity index (χ0n) is 18.8. The van der Waals surface area contributed by atoms with Crippen molar-refractivity contribution in [2.45, 2.75) is 44.0 Å². The second-order valence-electron chi connectivity index (χ2n) is 8.05. The maximum atomic E-state index is 14.5. The highest BCUT2D eigenvalue weighted by Gasteiger charge is 2.29. The van der Waals surface area contributed by atoms with Crippen LogP contribution in [0, 0.1) is 12.7 Å². The molecular formula is C24H26FN5O3S. The van der Waals surface area contributed by atoms with Crippen LogP contribution in [0.15, 0.2) is 64.7 Å². The summed E-state index contributed by atoms with van der Waals surface area (Å²) in [5, 5.41) is 2.82. The molecule has 0 aliphatic carbocycles. The highest BCUT2D eigenvalue weighted by molar-refractivity contribution is 7.90. The third-order valence-corrected chi connectivity index (χ3v) is 6.98. The van der Waals surface area contributed by atoms with Gasteiger partial charge < -0.3 is 9.88 Å². The molecule has 2 aromatic carbocycles. The van der Waals surface area contributed by atoms with Crippen LogP contribution >= 0.6 is 0 Å². The smallest absolute Gasteiger partial charge is 0.263 e. The highest BCUT2D eigenvalue weighted by Crippen LogP contribution is 2.22. The Morgan fingerprint density at radius 2 is 2.00 bits per heavy atom. The lowest BCUT2D eigenvalue weighted by Gasteiger charge is -2.09. The Bertz CT molecular complexity index is 1330. The summed E-state index contributed by atoms with van der Waals surface area (Å²) in [7, 11) is -3.52. The fourth-order valence-corrected chi connectivity index (χ4v) is 5.04. The molecule has 2 N–H and O–H groups in total. The Labute approximate surface area is 198 Å². The number of carbonyl (C=O) groups excluding carboxylic acids is 1. The highest BCUT2D eigenvalue weighted by atomic mass is 32.2. The number of amidine groups is 1. The third kappa shape index (κ3) is 5.33. The number of aliphatic imine (C=N–C) groups is 1. The van der Waals surface area contributed by atoms with Gasteiger partial charge in [0.05, 0.1) is 10.6 Å². The van der Waals surface area contributed by atoms with Crippen molar-refractivity contribution in [3.8, 4) is 5.69 Å². The molecule has 0 saturated carbocycles. The third-order valence-electron chi connectivity index (χ3n) is 5.58. The SMILES string of the molecule is Cc1nccn1-c1ccc(CNC(=O)CCCCCN=C2NS(=O)(=O)c3ccccc32)cc1F. The summed E-state index contributed by atoms with van der Waals surface area (Å²) in [6.45, 7) is 2.53. The average Bonchev–Trinajstić information content (AvgIpc) is 3.35. The summed E-state index contributed by atoms with van der Waals surface area (Å²) in [5.41, 5.74) is 1.69. The molecule has 1 aromatic heterocycles. The molecule has 8 nitrogen and oxygen atoms in total. The van der Waals surface area contributed by atoms with Gasteiger partial charge in [-0.25, -0.2) is 17.8 Å². The van der Waals surface area contributed by atoms with Gasteiger partial charge >= 0.3 is 0 Å². The largest absolute Gasteiger partial charge is 0.352 e. The van der Waals surface area contributed by atoms with Gasteiger partial charge in [0.1, 0.15) is 17.5 Å². The zero-order valence-corrected chi connectivity index (χ0v) is 19.6. The van der Waals surface area contributed by atoms with Crippen LogP contribution in [0.2, 0.25) is 0 Å².